The summed E-state index contributed by atoms with van der Waals surface area (Å²) in [5, 5.41) is 2.69. The van der Waals surface area contributed by atoms with E-state index in [0.717, 1.165) is 0 Å². The molecular formula is C18H27FN2O3S. The van der Waals surface area contributed by atoms with Gasteiger partial charge in [0.15, 0.2) is 0 Å². The molecule has 0 fully saturated rings. The Morgan fingerprint density at radius 3 is 2.12 bits per heavy atom. The highest BCUT2D eigenvalue weighted by Crippen LogP contribution is 2.16. The van der Waals surface area contributed by atoms with Crippen LogP contribution in [0, 0.1) is 5.82 Å². The van der Waals surface area contributed by atoms with Gasteiger partial charge in [0, 0.05) is 0 Å². The average Bonchev–Trinajstić information content (AvgIpc) is 2.42. The maximum Gasteiger partial charge on any atom is 0.408 e. The maximum absolute atomic E-state index is 13.2. The fourth-order valence-corrected chi connectivity index (χ4v) is 2.50. The summed E-state index contributed by atoms with van der Waals surface area (Å²) in [6.07, 6.45) is -0.601. The molecular weight excluding hydrogens is 343 g/mol. The summed E-state index contributed by atoms with van der Waals surface area (Å²) < 4.78 is 34.6. The largest absolute Gasteiger partial charge is 0.444 e. The number of carbonyl (C=O) groups excluding carboxylic acids is 1. The molecule has 0 saturated carbocycles. The van der Waals surface area contributed by atoms with Gasteiger partial charge in [-0.25, -0.2) is 13.4 Å². The van der Waals surface area contributed by atoms with Crippen LogP contribution < -0.4 is 5.32 Å². The molecule has 7 heteroatoms. The molecule has 0 saturated heterocycles. The van der Waals surface area contributed by atoms with Gasteiger partial charge >= 0.3 is 6.09 Å². The second-order valence-electron chi connectivity index (χ2n) is 7.71. The zero-order valence-corrected chi connectivity index (χ0v) is 16.7. The van der Waals surface area contributed by atoms with E-state index >= 15 is 0 Å². The van der Waals surface area contributed by atoms with Crippen LogP contribution in [-0.2, 0) is 15.7 Å². The molecule has 1 N–H and O–H groups in total. The van der Waals surface area contributed by atoms with Crippen molar-refractivity contribution in [2.75, 3.05) is 0 Å². The minimum Gasteiger partial charge on any atom is -0.444 e. The second-order valence-corrected chi connectivity index (χ2v) is 9.62. The molecule has 0 radical (unpaired) electrons. The molecule has 140 valence electrons. The number of hydrogen-bond acceptors (Lipinski definition) is 3. The Hall–Kier alpha value is -1.76. The quantitative estimate of drug-likeness (QED) is 0.815. The zero-order chi connectivity index (χ0) is 19.4. The Morgan fingerprint density at radius 2 is 1.68 bits per heavy atom. The number of nitrogens with zero attached hydrogens (tertiary/aromatic N) is 1. The van der Waals surface area contributed by atoms with Crippen LogP contribution in [0.2, 0.25) is 0 Å². The van der Waals surface area contributed by atoms with E-state index in [-0.39, 0.29) is 5.82 Å². The number of halogens is 1. The molecule has 0 bridgehead atoms. The lowest BCUT2D eigenvalue weighted by molar-refractivity contribution is 0.0521. The molecule has 1 rings (SSSR count). The lowest BCUT2D eigenvalue weighted by Gasteiger charge is -2.23. The van der Waals surface area contributed by atoms with Gasteiger partial charge in [-0.2, -0.15) is 4.40 Å². The minimum atomic E-state index is -1.53. The summed E-state index contributed by atoms with van der Waals surface area (Å²) in [6.45, 7) is 12.4. The minimum absolute atomic E-state index is 0.382. The van der Waals surface area contributed by atoms with Crippen molar-refractivity contribution in [2.24, 2.45) is 4.40 Å². The van der Waals surface area contributed by atoms with Crippen molar-refractivity contribution in [3.63, 3.8) is 0 Å². The fourth-order valence-electron chi connectivity index (χ4n) is 1.78. The summed E-state index contributed by atoms with van der Waals surface area (Å²) in [4.78, 5) is 12.0. The lowest BCUT2D eigenvalue weighted by atomic mass is 10.0. The Balaban J connectivity index is 3.14. The predicted octanol–water partition coefficient (Wildman–Crippen LogP) is 3.99. The Kier molecular flexibility index (Phi) is 6.88. The second kappa shape index (κ2) is 8.08. The van der Waals surface area contributed by atoms with E-state index in [1.54, 1.807) is 60.6 Å². The number of amides is 1. The molecule has 0 heterocycles. The Labute approximate surface area is 151 Å². The van der Waals surface area contributed by atoms with Crippen LogP contribution in [0.25, 0.3) is 0 Å². The third-order valence-electron chi connectivity index (χ3n) is 2.99. The summed E-state index contributed by atoms with van der Waals surface area (Å²) in [7, 11) is -1.53. The number of carbonyl (C=O) groups is 1. The summed E-state index contributed by atoms with van der Waals surface area (Å²) in [6, 6.07) is 5.12. The number of nitrogens with one attached hydrogen (secondary N) is 1. The van der Waals surface area contributed by atoms with Crippen molar-refractivity contribution < 1.29 is 18.1 Å². The van der Waals surface area contributed by atoms with Crippen molar-refractivity contribution >= 4 is 22.8 Å². The summed E-state index contributed by atoms with van der Waals surface area (Å²) in [5.74, 6) is -0.382. The van der Waals surface area contributed by atoms with Gasteiger partial charge in [-0.1, -0.05) is 12.1 Å². The van der Waals surface area contributed by atoms with Crippen LogP contribution in [0.5, 0.6) is 0 Å². The molecule has 0 spiro atoms. The first-order chi connectivity index (χ1) is 11.3. The highest BCUT2D eigenvalue weighted by atomic mass is 32.2. The molecule has 0 aliphatic carbocycles. The van der Waals surface area contributed by atoms with Gasteiger partial charge in [-0.15, -0.1) is 0 Å². The van der Waals surface area contributed by atoms with E-state index in [1.807, 2.05) is 0 Å². The van der Waals surface area contributed by atoms with Gasteiger partial charge in [0.05, 0.1) is 16.5 Å². The van der Waals surface area contributed by atoms with Gasteiger partial charge in [0.2, 0.25) is 0 Å². The van der Waals surface area contributed by atoms with Crippen molar-refractivity contribution in [3.05, 3.63) is 35.6 Å². The van der Waals surface area contributed by atoms with Gasteiger partial charge < -0.3 is 10.1 Å². The molecule has 1 unspecified atom stereocenters. The molecule has 1 amide bonds. The molecule has 1 aromatic rings. The highest BCUT2D eigenvalue weighted by molar-refractivity contribution is 7.85. The molecule has 0 aromatic heterocycles. The third kappa shape index (κ3) is 7.34. The molecule has 2 atom stereocenters. The molecule has 0 aliphatic rings. The van der Waals surface area contributed by atoms with Crippen molar-refractivity contribution in [1.82, 2.24) is 5.32 Å². The van der Waals surface area contributed by atoms with Crippen molar-refractivity contribution in [1.29, 1.82) is 0 Å². The molecule has 5 nitrogen and oxygen atoms in total. The number of alkyl carbamates (subject to hydrolysis) is 1. The van der Waals surface area contributed by atoms with Crippen molar-refractivity contribution in [2.45, 2.75) is 64.9 Å². The van der Waals surface area contributed by atoms with Crippen LogP contribution in [0.4, 0.5) is 9.18 Å². The number of hydrogen-bond donors (Lipinski definition) is 1. The SMILES string of the molecule is C[C@H](NC(=O)OC(C)(C)C)C(=NS(=O)C(C)(C)C)c1ccc(F)cc1. The van der Waals surface area contributed by atoms with Crippen LogP contribution in [0.1, 0.15) is 54.0 Å². The van der Waals surface area contributed by atoms with Crippen molar-refractivity contribution in [3.8, 4) is 0 Å². The molecule has 25 heavy (non-hydrogen) atoms. The van der Waals surface area contributed by atoms with Crippen LogP contribution in [0.15, 0.2) is 28.7 Å². The Morgan fingerprint density at radius 1 is 1.16 bits per heavy atom. The van der Waals surface area contributed by atoms with Crippen LogP contribution in [0.3, 0.4) is 0 Å². The van der Waals surface area contributed by atoms with E-state index in [0.29, 0.717) is 11.3 Å². The normalized spacial score (nSPS) is 15.4. The number of ether oxygens (including phenoxy) is 1. The number of rotatable bonds is 4. The average molecular weight is 370 g/mol. The summed E-state index contributed by atoms with van der Waals surface area (Å²) >= 11 is 0. The van der Waals surface area contributed by atoms with Crippen LogP contribution in [-0.4, -0.2) is 32.4 Å². The number of benzene rings is 1. The smallest absolute Gasteiger partial charge is 0.408 e. The standard InChI is InChI=1S/C18H27FN2O3S/c1-12(20-16(22)24-17(2,3)4)15(21-25(23)18(5,6)7)13-8-10-14(19)11-9-13/h8-12H,1-7H3,(H,20,22)/t12-,25?/m0/s1. The van der Waals surface area contributed by atoms with E-state index in [9.17, 15) is 13.4 Å². The van der Waals surface area contributed by atoms with E-state index in [2.05, 4.69) is 9.71 Å². The summed E-state index contributed by atoms with van der Waals surface area (Å²) in [5.41, 5.74) is 0.354. The first-order valence-electron chi connectivity index (χ1n) is 8.05. The fraction of sp³-hybridized carbons (Fsp3) is 0.556. The van der Waals surface area contributed by atoms with Gasteiger partial charge in [0.1, 0.15) is 22.4 Å². The predicted molar refractivity (Wildman–Crippen MR) is 99.7 cm³/mol. The van der Waals surface area contributed by atoms with Gasteiger partial charge in [-0.3, -0.25) is 0 Å². The lowest BCUT2D eigenvalue weighted by Crippen LogP contribution is -2.42. The first kappa shape index (κ1) is 21.3. The van der Waals surface area contributed by atoms with Gasteiger partial charge in [-0.05, 0) is 66.2 Å². The Bertz CT molecular complexity index is 658. The maximum atomic E-state index is 13.2. The van der Waals surface area contributed by atoms with Gasteiger partial charge in [0.25, 0.3) is 0 Å². The topological polar surface area (TPSA) is 67.8 Å². The van der Waals surface area contributed by atoms with E-state index in [1.165, 1.54) is 12.1 Å². The van der Waals surface area contributed by atoms with Crippen LogP contribution >= 0.6 is 0 Å². The van der Waals surface area contributed by atoms with E-state index in [4.69, 9.17) is 4.74 Å². The van der Waals surface area contributed by atoms with E-state index < -0.39 is 33.5 Å². The monoisotopic (exact) mass is 370 g/mol. The highest BCUT2D eigenvalue weighted by Gasteiger charge is 2.24. The zero-order valence-electron chi connectivity index (χ0n) is 15.8. The first-order valence-corrected chi connectivity index (χ1v) is 9.16. The molecule has 0 aliphatic heterocycles. The molecule has 1 aromatic carbocycles. The third-order valence-corrected chi connectivity index (χ3v) is 4.40.